The molecular weight excluding hydrogens is 298 g/mol. The predicted octanol–water partition coefficient (Wildman–Crippen LogP) is 0.680. The van der Waals surface area contributed by atoms with Gasteiger partial charge in [-0.05, 0) is 38.1 Å². The van der Waals surface area contributed by atoms with Crippen LogP contribution in [0, 0.1) is 11.8 Å². The van der Waals surface area contributed by atoms with Gasteiger partial charge < -0.3 is 26.2 Å². The second-order valence-electron chi connectivity index (χ2n) is 6.72. The van der Waals surface area contributed by atoms with Crippen LogP contribution in [0.1, 0.15) is 44.9 Å². The molecule has 0 aromatic rings. The minimum atomic E-state index is -1.10. The van der Waals surface area contributed by atoms with Crippen molar-refractivity contribution >= 4 is 12.0 Å². The van der Waals surface area contributed by atoms with E-state index < -0.39 is 12.2 Å². The fourth-order valence-corrected chi connectivity index (χ4v) is 3.70. The number of hydrogen-bond acceptors (Lipinski definition) is 4. The topological polar surface area (TPSA) is 111 Å². The number of rotatable bonds is 5. The summed E-state index contributed by atoms with van der Waals surface area (Å²) in [7, 11) is 0. The summed E-state index contributed by atoms with van der Waals surface area (Å²) in [6, 6.07) is -0.256. The Hall–Kier alpha value is -1.34. The Balaban J connectivity index is 1.97. The molecule has 0 bridgehead atoms. The van der Waals surface area contributed by atoms with Crippen molar-refractivity contribution in [1.82, 2.24) is 16.0 Å². The van der Waals surface area contributed by atoms with Crippen molar-refractivity contribution in [3.63, 3.8) is 0 Å². The summed E-state index contributed by atoms with van der Waals surface area (Å²) in [4.78, 5) is 23.5. The third-order valence-electron chi connectivity index (χ3n) is 5.04. The normalized spacial score (nSPS) is 27.7. The monoisotopic (exact) mass is 327 g/mol. The molecule has 2 amide bonds. The summed E-state index contributed by atoms with van der Waals surface area (Å²) in [5.41, 5.74) is 0. The molecule has 0 radical (unpaired) electrons. The molecule has 2 aliphatic rings. The van der Waals surface area contributed by atoms with Gasteiger partial charge in [-0.15, -0.1) is 0 Å². The minimum absolute atomic E-state index is 0.128. The van der Waals surface area contributed by atoms with E-state index in [4.69, 9.17) is 5.11 Å². The van der Waals surface area contributed by atoms with Crippen LogP contribution < -0.4 is 16.0 Å². The highest BCUT2D eigenvalue weighted by Gasteiger charge is 2.32. The lowest BCUT2D eigenvalue weighted by Gasteiger charge is -2.31. The minimum Gasteiger partial charge on any atom is -0.465 e. The average Bonchev–Trinajstić information content (AvgIpc) is 2.73. The van der Waals surface area contributed by atoms with E-state index >= 15 is 0 Å². The molecule has 2 fully saturated rings. The zero-order chi connectivity index (χ0) is 16.7. The van der Waals surface area contributed by atoms with Gasteiger partial charge in [0.2, 0.25) is 5.91 Å². The molecule has 0 spiro atoms. The van der Waals surface area contributed by atoms with Crippen LogP contribution in [0.4, 0.5) is 4.79 Å². The molecule has 0 aromatic carbocycles. The molecule has 7 heteroatoms. The first-order valence-electron chi connectivity index (χ1n) is 8.74. The Labute approximate surface area is 137 Å². The lowest BCUT2D eigenvalue weighted by Crippen LogP contribution is -2.50. The van der Waals surface area contributed by atoms with Crippen LogP contribution in [0.15, 0.2) is 0 Å². The first-order chi connectivity index (χ1) is 11.1. The lowest BCUT2D eigenvalue weighted by atomic mass is 9.79. The van der Waals surface area contributed by atoms with Crippen molar-refractivity contribution in [3.8, 4) is 0 Å². The number of carbonyl (C=O) groups excluding carboxylic acids is 1. The smallest absolute Gasteiger partial charge is 0.404 e. The van der Waals surface area contributed by atoms with Gasteiger partial charge in [0.1, 0.15) is 0 Å². The van der Waals surface area contributed by atoms with Crippen molar-refractivity contribution in [2.75, 3.05) is 19.6 Å². The molecule has 132 valence electrons. The molecule has 0 aromatic heterocycles. The molecule has 2 rings (SSSR count). The van der Waals surface area contributed by atoms with Crippen molar-refractivity contribution in [2.45, 2.75) is 57.1 Å². The number of carboxylic acid groups (broad SMARTS) is 1. The van der Waals surface area contributed by atoms with Crippen LogP contribution >= 0.6 is 0 Å². The summed E-state index contributed by atoms with van der Waals surface area (Å²) in [5, 5.41) is 27.4. The number of hydrogen-bond donors (Lipinski definition) is 5. The number of carbonyl (C=O) groups is 2. The van der Waals surface area contributed by atoms with Gasteiger partial charge in [-0.2, -0.15) is 0 Å². The molecule has 5 N–H and O–H groups in total. The van der Waals surface area contributed by atoms with Crippen molar-refractivity contribution in [1.29, 1.82) is 0 Å². The SMILES string of the molecule is O=C(O)NCC(C(=O)NC1CCCNCC1O)C1CCCCC1. The van der Waals surface area contributed by atoms with E-state index in [0.717, 1.165) is 45.1 Å². The van der Waals surface area contributed by atoms with E-state index in [0.29, 0.717) is 6.54 Å². The standard InChI is InChI=1S/C16H29N3O4/c20-14-10-17-8-4-7-13(14)19-15(21)12(9-18-16(22)23)11-5-2-1-3-6-11/h11-14,17-18,20H,1-10H2,(H,19,21)(H,22,23). The summed E-state index contributed by atoms with van der Waals surface area (Å²) in [5.74, 6) is -0.261. The van der Waals surface area contributed by atoms with E-state index in [1.807, 2.05) is 0 Å². The number of amides is 2. The molecule has 1 aliphatic heterocycles. The average molecular weight is 327 g/mol. The molecule has 1 aliphatic carbocycles. The van der Waals surface area contributed by atoms with E-state index in [2.05, 4.69) is 16.0 Å². The number of β-amino-alcohol motifs (C(OH)–C–C–N with tert-alkyl or cyclic N) is 1. The number of aliphatic hydroxyl groups excluding tert-OH is 1. The highest BCUT2D eigenvalue weighted by atomic mass is 16.4. The van der Waals surface area contributed by atoms with Crippen molar-refractivity contribution in [2.24, 2.45) is 11.8 Å². The van der Waals surface area contributed by atoms with Gasteiger partial charge in [-0.3, -0.25) is 4.79 Å². The number of nitrogens with one attached hydrogen (secondary N) is 3. The van der Waals surface area contributed by atoms with Crippen LogP contribution in [0.5, 0.6) is 0 Å². The van der Waals surface area contributed by atoms with E-state index in [1.165, 1.54) is 6.42 Å². The molecule has 7 nitrogen and oxygen atoms in total. The third kappa shape index (κ3) is 5.66. The van der Waals surface area contributed by atoms with Gasteiger partial charge in [0.15, 0.2) is 0 Å². The second-order valence-corrected chi connectivity index (χ2v) is 6.72. The van der Waals surface area contributed by atoms with E-state index in [1.54, 1.807) is 0 Å². The number of aliphatic hydroxyl groups is 1. The highest BCUT2D eigenvalue weighted by molar-refractivity contribution is 5.80. The molecular formula is C16H29N3O4. The lowest BCUT2D eigenvalue weighted by molar-refractivity contribution is -0.128. The van der Waals surface area contributed by atoms with E-state index in [-0.39, 0.29) is 30.3 Å². The zero-order valence-electron chi connectivity index (χ0n) is 13.6. The summed E-state index contributed by atoms with van der Waals surface area (Å²) in [6.45, 7) is 1.47. The molecule has 1 saturated carbocycles. The van der Waals surface area contributed by atoms with Crippen molar-refractivity contribution < 1.29 is 19.8 Å². The Kier molecular flexibility index (Phi) is 7.11. The van der Waals surface area contributed by atoms with Crippen LogP contribution in [0.25, 0.3) is 0 Å². The van der Waals surface area contributed by atoms with Gasteiger partial charge in [0.05, 0.1) is 18.1 Å². The van der Waals surface area contributed by atoms with Gasteiger partial charge in [0.25, 0.3) is 0 Å². The molecule has 3 unspecified atom stereocenters. The predicted molar refractivity (Wildman–Crippen MR) is 86.1 cm³/mol. The Bertz CT molecular complexity index is 399. The van der Waals surface area contributed by atoms with Gasteiger partial charge >= 0.3 is 6.09 Å². The maximum absolute atomic E-state index is 12.7. The van der Waals surface area contributed by atoms with Gasteiger partial charge in [-0.1, -0.05) is 19.3 Å². The molecule has 23 heavy (non-hydrogen) atoms. The van der Waals surface area contributed by atoms with Crippen molar-refractivity contribution in [3.05, 3.63) is 0 Å². The highest BCUT2D eigenvalue weighted by Crippen LogP contribution is 2.30. The Morgan fingerprint density at radius 3 is 2.57 bits per heavy atom. The quantitative estimate of drug-likeness (QED) is 0.510. The Morgan fingerprint density at radius 2 is 1.87 bits per heavy atom. The Morgan fingerprint density at radius 1 is 1.13 bits per heavy atom. The molecule has 1 saturated heterocycles. The van der Waals surface area contributed by atoms with Gasteiger partial charge in [0, 0.05) is 13.1 Å². The first-order valence-corrected chi connectivity index (χ1v) is 8.74. The zero-order valence-corrected chi connectivity index (χ0v) is 13.6. The second kappa shape index (κ2) is 9.08. The third-order valence-corrected chi connectivity index (χ3v) is 5.04. The van der Waals surface area contributed by atoms with Crippen LogP contribution in [0.3, 0.4) is 0 Å². The maximum Gasteiger partial charge on any atom is 0.404 e. The van der Waals surface area contributed by atoms with Crippen LogP contribution in [-0.2, 0) is 4.79 Å². The fourth-order valence-electron chi connectivity index (χ4n) is 3.70. The maximum atomic E-state index is 12.7. The summed E-state index contributed by atoms with van der Waals surface area (Å²) in [6.07, 6.45) is 5.26. The first kappa shape index (κ1) is 18.0. The molecule has 1 heterocycles. The van der Waals surface area contributed by atoms with Crippen LogP contribution in [0.2, 0.25) is 0 Å². The van der Waals surface area contributed by atoms with Gasteiger partial charge in [-0.25, -0.2) is 4.79 Å². The summed E-state index contributed by atoms with van der Waals surface area (Å²) >= 11 is 0. The van der Waals surface area contributed by atoms with E-state index in [9.17, 15) is 14.7 Å². The summed E-state index contributed by atoms with van der Waals surface area (Å²) < 4.78 is 0. The molecule has 3 atom stereocenters. The fraction of sp³-hybridized carbons (Fsp3) is 0.875. The van der Waals surface area contributed by atoms with Crippen LogP contribution in [-0.4, -0.2) is 54.0 Å². The largest absolute Gasteiger partial charge is 0.465 e.